The molecule has 0 radical (unpaired) electrons. The van der Waals surface area contributed by atoms with Crippen LogP contribution in [-0.4, -0.2) is 73.1 Å². The Morgan fingerprint density at radius 1 is 0.558 bits per heavy atom. The molecule has 0 saturated carbocycles. The van der Waals surface area contributed by atoms with Gasteiger partial charge in [0.1, 0.15) is 58.9 Å². The number of rotatable bonds is 17. The quantitative estimate of drug-likeness (QED) is 0.0634. The number of nitrogens with zero attached hydrogens (tertiary/aromatic N) is 2. The van der Waals surface area contributed by atoms with Crippen LogP contribution in [0, 0.1) is 11.8 Å². The first-order valence-corrected chi connectivity index (χ1v) is 26.0. The maximum Gasteiger partial charge on any atom is 0.415 e. The Hall–Kier alpha value is -7.79. The number of hydrogen-bond donors (Lipinski definition) is 4. The number of cyclic esters (lactones) is 2. The van der Waals surface area contributed by atoms with E-state index in [1.807, 2.05) is 88.4 Å². The van der Waals surface area contributed by atoms with Gasteiger partial charge >= 0.3 is 18.3 Å². The lowest BCUT2D eigenvalue weighted by molar-refractivity contribution is -0.125. The van der Waals surface area contributed by atoms with Crippen LogP contribution in [0.3, 0.4) is 0 Å². The fraction of sp³-hybridized carbons (Fsp3) is 0.305. The van der Waals surface area contributed by atoms with Crippen molar-refractivity contribution in [1.82, 2.24) is 16.0 Å². The SMILES string of the molecule is CC(C)[C@@H](N)C(=O)NC[C@@H]1OC(=O)N(c2ccc(Oc3ccc(Cl)cc3)cc2)[C@H]1c1ccccc1.CC(C)[C@H](NC(=O)OC(C)(C)C)C(=O)NC[C@@H]1OC(=O)N(c2ccc(Oc3ccc(Cl)cc3)cc2)[C@H]1c1ccccc1. The molecule has 77 heavy (non-hydrogen) atoms. The number of anilines is 2. The van der Waals surface area contributed by atoms with Crippen molar-refractivity contribution >= 4 is 64.7 Å². The predicted molar refractivity (Wildman–Crippen MR) is 297 cm³/mol. The monoisotopic (exact) mass is 1090 g/mol. The Morgan fingerprint density at radius 2 is 0.922 bits per heavy atom. The van der Waals surface area contributed by atoms with Crippen LogP contribution < -0.4 is 41.0 Å². The van der Waals surface area contributed by atoms with Crippen LogP contribution in [0.1, 0.15) is 71.7 Å². The number of alkyl carbamates (subject to hydrolysis) is 1. The molecular weight excluding hydrogens is 1020 g/mol. The van der Waals surface area contributed by atoms with Gasteiger partial charge in [-0.15, -0.1) is 0 Å². The van der Waals surface area contributed by atoms with Crippen LogP contribution in [-0.2, 0) is 23.8 Å². The molecule has 18 heteroatoms. The van der Waals surface area contributed by atoms with E-state index in [2.05, 4.69) is 16.0 Å². The van der Waals surface area contributed by atoms with Gasteiger partial charge in [0.25, 0.3) is 0 Å². The molecule has 0 aromatic heterocycles. The van der Waals surface area contributed by atoms with Crippen LogP contribution in [0.15, 0.2) is 158 Å². The van der Waals surface area contributed by atoms with E-state index in [-0.39, 0.29) is 30.8 Å². The molecule has 0 aliphatic carbocycles. The molecule has 6 aromatic carbocycles. The Kier molecular flexibility index (Phi) is 19.1. The summed E-state index contributed by atoms with van der Waals surface area (Å²) in [6.45, 7) is 12.9. The molecule has 0 spiro atoms. The maximum atomic E-state index is 13.2. The second-order valence-electron chi connectivity index (χ2n) is 20.0. The maximum absolute atomic E-state index is 13.2. The zero-order valence-electron chi connectivity index (χ0n) is 43.9. The smallest absolute Gasteiger partial charge is 0.415 e. The number of amides is 5. The van der Waals surface area contributed by atoms with E-state index < -0.39 is 66.2 Å². The largest absolute Gasteiger partial charge is 0.457 e. The fourth-order valence-corrected chi connectivity index (χ4v) is 8.71. The van der Waals surface area contributed by atoms with Gasteiger partial charge in [-0.05, 0) is 141 Å². The van der Waals surface area contributed by atoms with Crippen molar-refractivity contribution in [2.75, 3.05) is 22.9 Å². The molecule has 2 heterocycles. The van der Waals surface area contributed by atoms with Crippen molar-refractivity contribution in [3.05, 3.63) is 179 Å². The molecular formula is C59H64Cl2N6O10. The average molecular weight is 1090 g/mol. The summed E-state index contributed by atoms with van der Waals surface area (Å²) in [5.74, 6) is 1.60. The number of nitrogens with two attached hydrogens (primary N) is 1. The van der Waals surface area contributed by atoms with Crippen LogP contribution in [0.4, 0.5) is 25.8 Å². The Balaban J connectivity index is 0.000000227. The number of carbonyl (C=O) groups excluding carboxylic acids is 5. The molecule has 16 nitrogen and oxygen atoms in total. The minimum absolute atomic E-state index is 0.00356. The third-order valence-corrected chi connectivity index (χ3v) is 12.9. The van der Waals surface area contributed by atoms with Crippen LogP contribution in [0.25, 0.3) is 0 Å². The van der Waals surface area contributed by atoms with Gasteiger partial charge in [0.2, 0.25) is 11.8 Å². The van der Waals surface area contributed by atoms with E-state index in [9.17, 15) is 24.0 Å². The van der Waals surface area contributed by atoms with E-state index in [0.717, 1.165) is 11.1 Å². The Morgan fingerprint density at radius 3 is 1.27 bits per heavy atom. The predicted octanol–water partition coefficient (Wildman–Crippen LogP) is 12.2. The van der Waals surface area contributed by atoms with Gasteiger partial charge in [-0.3, -0.25) is 19.4 Å². The van der Waals surface area contributed by atoms with Gasteiger partial charge in [0.05, 0.1) is 19.1 Å². The van der Waals surface area contributed by atoms with Crippen LogP contribution in [0.2, 0.25) is 10.0 Å². The summed E-state index contributed by atoms with van der Waals surface area (Å²) in [5.41, 5.74) is 8.26. The highest BCUT2D eigenvalue weighted by atomic mass is 35.5. The summed E-state index contributed by atoms with van der Waals surface area (Å²) in [4.78, 5) is 67.3. The van der Waals surface area contributed by atoms with Gasteiger partial charge in [-0.2, -0.15) is 0 Å². The molecule has 2 aliphatic rings. The summed E-state index contributed by atoms with van der Waals surface area (Å²) in [7, 11) is 0. The highest BCUT2D eigenvalue weighted by Gasteiger charge is 2.45. The summed E-state index contributed by atoms with van der Waals surface area (Å²) in [5, 5.41) is 9.60. The van der Waals surface area contributed by atoms with E-state index in [1.165, 1.54) is 0 Å². The van der Waals surface area contributed by atoms with Crippen LogP contribution in [0.5, 0.6) is 23.0 Å². The second-order valence-corrected chi connectivity index (χ2v) is 20.9. The van der Waals surface area contributed by atoms with E-state index in [1.54, 1.807) is 128 Å². The molecule has 0 bridgehead atoms. The standard InChI is InChI=1S/C32H36ClN3O6.C27H28ClN3O4/c1-20(2)27(35-30(38)42-32(3,4)5)29(37)34-19-26-28(21-9-7-6-8-10-21)36(31(39)41-26)23-13-17-25(18-14-23)40-24-15-11-22(33)12-16-24;1-17(2)24(29)26(32)30-16-23-25(18-6-4-3-5-7-18)31(27(33)35-23)20-10-14-22(15-11-20)34-21-12-8-19(28)9-13-21/h6-18,20,26-28H,19H2,1-5H3,(H,34,37)(H,35,38);3-15,17,23-25H,16,29H2,1-2H3,(H,30,32)/t26-,27-,28-;23-,24+,25-/m00/s1. The normalized spacial score (nSPS) is 17.8. The van der Waals surface area contributed by atoms with Gasteiger partial charge in [-0.25, -0.2) is 14.4 Å². The topological polar surface area (TPSA) is 200 Å². The van der Waals surface area contributed by atoms with Gasteiger partial charge < -0.3 is 45.4 Å². The number of halogens is 2. The number of ether oxygens (including phenoxy) is 5. The minimum Gasteiger partial charge on any atom is -0.457 e. The first-order valence-electron chi connectivity index (χ1n) is 25.2. The molecule has 5 N–H and O–H groups in total. The van der Waals surface area contributed by atoms with Gasteiger partial charge in [-0.1, -0.05) is 112 Å². The molecule has 2 aliphatic heterocycles. The molecule has 2 saturated heterocycles. The third-order valence-electron chi connectivity index (χ3n) is 12.4. The van der Waals surface area contributed by atoms with Crippen LogP contribution >= 0.6 is 23.2 Å². The number of hydrogen-bond acceptors (Lipinski definition) is 11. The van der Waals surface area contributed by atoms with Crippen molar-refractivity contribution in [3.8, 4) is 23.0 Å². The van der Waals surface area contributed by atoms with E-state index >= 15 is 0 Å². The Labute approximate surface area is 459 Å². The summed E-state index contributed by atoms with van der Waals surface area (Å²) < 4.78 is 28.6. The van der Waals surface area contributed by atoms with Crippen molar-refractivity contribution in [3.63, 3.8) is 0 Å². The first-order chi connectivity index (χ1) is 36.7. The molecule has 404 valence electrons. The highest BCUT2D eigenvalue weighted by molar-refractivity contribution is 6.30. The first kappa shape index (κ1) is 56.9. The van der Waals surface area contributed by atoms with Crippen molar-refractivity contribution in [2.24, 2.45) is 17.6 Å². The highest BCUT2D eigenvalue weighted by Crippen LogP contribution is 2.40. The molecule has 0 unspecified atom stereocenters. The zero-order valence-corrected chi connectivity index (χ0v) is 45.4. The lowest BCUT2D eigenvalue weighted by Gasteiger charge is -2.27. The fourth-order valence-electron chi connectivity index (χ4n) is 8.46. The summed E-state index contributed by atoms with van der Waals surface area (Å²) in [6.07, 6.45) is -2.98. The molecule has 2 fully saturated rings. The number of nitrogens with one attached hydrogen (secondary N) is 3. The number of benzene rings is 6. The Bertz CT molecular complexity index is 2930. The molecule has 6 aromatic rings. The van der Waals surface area contributed by atoms with Gasteiger partial charge in [0.15, 0.2) is 0 Å². The zero-order chi connectivity index (χ0) is 55.4. The van der Waals surface area contributed by atoms with Crippen molar-refractivity contribution < 1.29 is 47.7 Å². The average Bonchev–Trinajstić information content (AvgIpc) is 3.95. The molecule has 6 atom stereocenters. The third kappa shape index (κ3) is 15.4. The number of carbonyl (C=O) groups is 5. The van der Waals surface area contributed by atoms with Crippen molar-refractivity contribution in [1.29, 1.82) is 0 Å². The van der Waals surface area contributed by atoms with Gasteiger partial charge in [0, 0.05) is 21.4 Å². The van der Waals surface area contributed by atoms with E-state index in [0.29, 0.717) is 44.4 Å². The summed E-state index contributed by atoms with van der Waals surface area (Å²) >= 11 is 11.9. The van der Waals surface area contributed by atoms with E-state index in [4.69, 9.17) is 52.6 Å². The molecule has 5 amide bonds. The second kappa shape index (κ2) is 25.8. The van der Waals surface area contributed by atoms with Crippen molar-refractivity contribution in [2.45, 2.75) is 90.4 Å². The summed E-state index contributed by atoms with van der Waals surface area (Å²) in [6, 6.07) is 45.0. The minimum atomic E-state index is -0.837. The lowest BCUT2D eigenvalue weighted by atomic mass is 9.99. The lowest BCUT2D eigenvalue weighted by Crippen LogP contribution is -2.52. The molecule has 8 rings (SSSR count).